The summed E-state index contributed by atoms with van der Waals surface area (Å²) in [5.74, 6) is -0.467. The normalized spacial score (nSPS) is 11.8. The minimum atomic E-state index is -0.470. The van der Waals surface area contributed by atoms with Gasteiger partial charge in [-0.15, -0.1) is 0 Å². The van der Waals surface area contributed by atoms with E-state index in [0.717, 1.165) is 15.5 Å². The van der Waals surface area contributed by atoms with Gasteiger partial charge < -0.3 is 14.0 Å². The quantitative estimate of drug-likeness (QED) is 0.405. The van der Waals surface area contributed by atoms with E-state index in [4.69, 9.17) is 21.1 Å². The van der Waals surface area contributed by atoms with E-state index >= 15 is 0 Å². The maximum atomic E-state index is 13.2. The highest BCUT2D eigenvalue weighted by Gasteiger charge is 2.17. The molecule has 8 heteroatoms. The molecular formula is C23H19ClN2O4S. The fourth-order valence-corrected chi connectivity index (χ4v) is 4.74. The molecule has 0 spiro atoms. The van der Waals surface area contributed by atoms with Crippen LogP contribution in [0, 0.1) is 0 Å². The van der Waals surface area contributed by atoms with E-state index in [9.17, 15) is 9.59 Å². The van der Waals surface area contributed by atoms with Crippen molar-refractivity contribution < 1.29 is 19.1 Å². The van der Waals surface area contributed by atoms with Gasteiger partial charge in [-0.05, 0) is 42.0 Å². The highest BCUT2D eigenvalue weighted by Crippen LogP contribution is 2.28. The molecule has 1 amide bonds. The van der Waals surface area contributed by atoms with Crippen LogP contribution in [0.15, 0.2) is 59.6 Å². The molecule has 0 atom stereocenters. The molecule has 0 radical (unpaired) electrons. The number of carbonyl (C=O) groups excluding carboxylic acids is 2. The van der Waals surface area contributed by atoms with Gasteiger partial charge in [0, 0.05) is 0 Å². The minimum Gasteiger partial charge on any atom is -0.496 e. The molecule has 0 N–H and O–H groups in total. The van der Waals surface area contributed by atoms with Gasteiger partial charge in [0.25, 0.3) is 5.91 Å². The summed E-state index contributed by atoms with van der Waals surface area (Å²) in [5, 5.41) is 2.33. The fraction of sp³-hybridized carbons (Fsp3) is 0.174. The molecule has 6 nitrogen and oxygen atoms in total. The van der Waals surface area contributed by atoms with E-state index in [0.29, 0.717) is 26.7 Å². The van der Waals surface area contributed by atoms with E-state index in [1.165, 1.54) is 18.4 Å². The summed E-state index contributed by atoms with van der Waals surface area (Å²) in [4.78, 5) is 30.0. The Morgan fingerprint density at radius 1 is 1.10 bits per heavy atom. The first-order valence-corrected chi connectivity index (χ1v) is 10.8. The van der Waals surface area contributed by atoms with E-state index in [1.807, 2.05) is 42.5 Å². The van der Waals surface area contributed by atoms with Crippen LogP contribution in [0.4, 0.5) is 0 Å². The summed E-state index contributed by atoms with van der Waals surface area (Å²) in [6, 6.07) is 16.7. The largest absolute Gasteiger partial charge is 0.496 e. The Bertz CT molecular complexity index is 1370. The average Bonchev–Trinajstić information content (AvgIpc) is 3.10. The lowest BCUT2D eigenvalue weighted by Crippen LogP contribution is -2.23. The summed E-state index contributed by atoms with van der Waals surface area (Å²) in [6.07, 6.45) is 0. The number of para-hydroxylation sites is 1. The third-order valence-electron chi connectivity index (χ3n) is 4.74. The fourth-order valence-electron chi connectivity index (χ4n) is 3.36. The number of fused-ring (bicyclic) bond motifs is 2. The lowest BCUT2D eigenvalue weighted by atomic mass is 10.1. The second-order valence-electron chi connectivity index (χ2n) is 6.68. The van der Waals surface area contributed by atoms with Crippen molar-refractivity contribution in [2.45, 2.75) is 13.5 Å². The first kappa shape index (κ1) is 21.1. The summed E-state index contributed by atoms with van der Waals surface area (Å²) in [7, 11) is 1.51. The van der Waals surface area contributed by atoms with Gasteiger partial charge in [0.15, 0.2) is 4.80 Å². The Morgan fingerprint density at radius 2 is 1.84 bits per heavy atom. The van der Waals surface area contributed by atoms with Crippen LogP contribution in [0.1, 0.15) is 17.3 Å². The summed E-state index contributed by atoms with van der Waals surface area (Å²) in [6.45, 7) is 1.90. The SMILES string of the molecule is CCOC(=O)Cn1c(=NC(=O)c2cc3ccccc3cc2OC)sc2cccc(Cl)c21. The highest BCUT2D eigenvalue weighted by molar-refractivity contribution is 7.16. The maximum absolute atomic E-state index is 13.2. The van der Waals surface area contributed by atoms with Crippen molar-refractivity contribution in [3.63, 3.8) is 0 Å². The lowest BCUT2D eigenvalue weighted by molar-refractivity contribution is -0.143. The molecule has 0 unspecified atom stereocenters. The van der Waals surface area contributed by atoms with Gasteiger partial charge in [0.2, 0.25) is 0 Å². The van der Waals surface area contributed by atoms with Crippen LogP contribution in [-0.2, 0) is 16.1 Å². The van der Waals surface area contributed by atoms with Crippen molar-refractivity contribution in [3.05, 3.63) is 70.0 Å². The van der Waals surface area contributed by atoms with Crippen molar-refractivity contribution in [2.24, 2.45) is 4.99 Å². The van der Waals surface area contributed by atoms with Gasteiger partial charge in [-0.1, -0.05) is 53.3 Å². The molecule has 0 saturated carbocycles. The molecule has 31 heavy (non-hydrogen) atoms. The molecule has 4 rings (SSSR count). The minimum absolute atomic E-state index is 0.0987. The molecule has 0 aliphatic heterocycles. The van der Waals surface area contributed by atoms with Gasteiger partial charge in [-0.2, -0.15) is 4.99 Å². The lowest BCUT2D eigenvalue weighted by Gasteiger charge is -2.08. The molecule has 0 saturated heterocycles. The number of amides is 1. The van der Waals surface area contributed by atoms with Crippen molar-refractivity contribution in [3.8, 4) is 5.75 Å². The third-order valence-corrected chi connectivity index (χ3v) is 6.09. The van der Waals surface area contributed by atoms with Crippen LogP contribution in [0.5, 0.6) is 5.75 Å². The van der Waals surface area contributed by atoms with Crippen LogP contribution in [0.2, 0.25) is 5.02 Å². The number of benzene rings is 3. The predicted molar refractivity (Wildman–Crippen MR) is 122 cm³/mol. The number of ether oxygens (including phenoxy) is 2. The number of thiazole rings is 1. The van der Waals surface area contributed by atoms with Crippen LogP contribution < -0.4 is 9.54 Å². The number of esters is 1. The molecule has 0 fully saturated rings. The van der Waals surface area contributed by atoms with Crippen LogP contribution >= 0.6 is 22.9 Å². The van der Waals surface area contributed by atoms with Gasteiger partial charge in [-0.3, -0.25) is 9.59 Å². The van der Waals surface area contributed by atoms with Gasteiger partial charge in [0.1, 0.15) is 12.3 Å². The summed E-state index contributed by atoms with van der Waals surface area (Å²) in [5.41, 5.74) is 0.978. The second-order valence-corrected chi connectivity index (χ2v) is 8.10. The number of halogens is 1. The predicted octanol–water partition coefficient (Wildman–Crippen LogP) is 4.82. The summed E-state index contributed by atoms with van der Waals surface area (Å²) < 4.78 is 13.0. The summed E-state index contributed by atoms with van der Waals surface area (Å²) >= 11 is 7.67. The Morgan fingerprint density at radius 3 is 2.55 bits per heavy atom. The number of nitrogens with zero attached hydrogens (tertiary/aromatic N) is 2. The molecule has 1 aromatic heterocycles. The van der Waals surface area contributed by atoms with E-state index in [-0.39, 0.29) is 13.2 Å². The Balaban J connectivity index is 1.87. The first-order chi connectivity index (χ1) is 15.0. The number of aromatic nitrogens is 1. The van der Waals surface area contributed by atoms with Crippen molar-refractivity contribution in [2.75, 3.05) is 13.7 Å². The molecule has 0 aliphatic rings. The number of hydrogen-bond donors (Lipinski definition) is 0. The van der Waals surface area contributed by atoms with Crippen LogP contribution in [0.3, 0.4) is 0 Å². The zero-order chi connectivity index (χ0) is 22.0. The van der Waals surface area contributed by atoms with Gasteiger partial charge >= 0.3 is 5.97 Å². The van der Waals surface area contributed by atoms with Crippen LogP contribution in [-0.4, -0.2) is 30.2 Å². The Hall–Kier alpha value is -3.16. The maximum Gasteiger partial charge on any atom is 0.326 e. The smallest absolute Gasteiger partial charge is 0.326 e. The first-order valence-electron chi connectivity index (χ1n) is 9.61. The zero-order valence-electron chi connectivity index (χ0n) is 16.9. The van der Waals surface area contributed by atoms with Crippen molar-refractivity contribution >= 4 is 55.8 Å². The number of carbonyl (C=O) groups is 2. The van der Waals surface area contributed by atoms with Crippen LogP contribution in [0.25, 0.3) is 21.0 Å². The number of rotatable bonds is 5. The topological polar surface area (TPSA) is 69.9 Å². The average molecular weight is 455 g/mol. The molecule has 158 valence electrons. The van der Waals surface area contributed by atoms with Gasteiger partial charge in [0.05, 0.1) is 34.5 Å². The van der Waals surface area contributed by atoms with Gasteiger partial charge in [-0.25, -0.2) is 0 Å². The van der Waals surface area contributed by atoms with Crippen molar-refractivity contribution in [1.82, 2.24) is 4.57 Å². The second kappa shape index (κ2) is 8.91. The number of methoxy groups -OCH3 is 1. The Kier molecular flexibility index (Phi) is 6.06. The number of hydrogen-bond acceptors (Lipinski definition) is 5. The zero-order valence-corrected chi connectivity index (χ0v) is 18.5. The molecule has 0 bridgehead atoms. The monoisotopic (exact) mass is 454 g/mol. The Labute approximate surface area is 187 Å². The van der Waals surface area contributed by atoms with Crippen molar-refractivity contribution in [1.29, 1.82) is 0 Å². The van der Waals surface area contributed by atoms with E-state index in [1.54, 1.807) is 23.6 Å². The third kappa shape index (κ3) is 4.19. The molecule has 0 aliphatic carbocycles. The molecule has 4 aromatic rings. The molecule has 1 heterocycles. The van der Waals surface area contributed by atoms with E-state index < -0.39 is 11.9 Å². The highest BCUT2D eigenvalue weighted by atomic mass is 35.5. The molecular weight excluding hydrogens is 436 g/mol. The molecule has 3 aromatic carbocycles. The van der Waals surface area contributed by atoms with E-state index in [2.05, 4.69) is 4.99 Å². The standard InChI is InChI=1S/C23H19ClN2O4S/c1-3-30-20(27)13-26-21-17(24)9-6-10-19(21)31-23(26)25-22(28)16-11-14-7-4-5-8-15(14)12-18(16)29-2/h4-12H,3,13H2,1-2H3.